The van der Waals surface area contributed by atoms with Gasteiger partial charge in [0.25, 0.3) is 5.91 Å². The fourth-order valence-corrected chi connectivity index (χ4v) is 4.99. The molecule has 0 spiro atoms. The highest BCUT2D eigenvalue weighted by atomic mass is 35.5. The summed E-state index contributed by atoms with van der Waals surface area (Å²) in [6, 6.07) is 12.3. The lowest BCUT2D eigenvalue weighted by Crippen LogP contribution is -2.37. The Hall–Kier alpha value is -3.56. The van der Waals surface area contributed by atoms with Gasteiger partial charge >= 0.3 is 6.03 Å². The lowest BCUT2D eigenvalue weighted by Gasteiger charge is -2.20. The minimum absolute atomic E-state index is 0.0280. The maximum atomic E-state index is 13.0. The quantitative estimate of drug-likeness (QED) is 0.189. The Labute approximate surface area is 254 Å². The number of benzene rings is 2. The van der Waals surface area contributed by atoms with Crippen molar-refractivity contribution in [3.63, 3.8) is 0 Å². The highest BCUT2D eigenvalue weighted by molar-refractivity contribution is 6.32. The summed E-state index contributed by atoms with van der Waals surface area (Å²) in [5, 5.41) is 18.7. The van der Waals surface area contributed by atoms with E-state index in [0.717, 1.165) is 35.6 Å². The molecule has 0 saturated heterocycles. The molecule has 1 heterocycles. The normalized spacial score (nSPS) is 12.7. The lowest BCUT2D eigenvalue weighted by atomic mass is 10.0. The number of ether oxygens (including phenoxy) is 1. The maximum Gasteiger partial charge on any atom is 0.315 e. The van der Waals surface area contributed by atoms with Gasteiger partial charge in [-0.25, -0.2) is 9.78 Å². The first kappa shape index (κ1) is 32.9. The van der Waals surface area contributed by atoms with Crippen LogP contribution in [0, 0.1) is 5.92 Å². The number of hydrogen-bond donors (Lipinski definition) is 4. The summed E-state index contributed by atoms with van der Waals surface area (Å²) in [7, 11) is 1.60. The number of carbonyl (C=O) groups excluding carboxylic acids is 2. The average Bonchev–Trinajstić information content (AvgIpc) is 3.38. The number of amides is 3. The summed E-state index contributed by atoms with van der Waals surface area (Å²) >= 11 is 6.33. The van der Waals surface area contributed by atoms with Gasteiger partial charge in [-0.2, -0.15) is 0 Å². The van der Waals surface area contributed by atoms with Crippen molar-refractivity contribution >= 4 is 23.5 Å². The summed E-state index contributed by atoms with van der Waals surface area (Å²) in [5.74, 6) is 1.47. The fourth-order valence-electron chi connectivity index (χ4n) is 4.77. The van der Waals surface area contributed by atoms with E-state index in [0.29, 0.717) is 35.1 Å². The van der Waals surface area contributed by atoms with Crippen LogP contribution in [-0.4, -0.2) is 52.4 Å². The Bertz CT molecular complexity index is 1320. The summed E-state index contributed by atoms with van der Waals surface area (Å²) in [6.07, 6.45) is 3.72. The second kappa shape index (κ2) is 15.6. The zero-order valence-electron chi connectivity index (χ0n) is 25.4. The lowest BCUT2D eigenvalue weighted by molar-refractivity contribution is 0.0930. The van der Waals surface area contributed by atoms with Crippen LogP contribution in [0.2, 0.25) is 5.02 Å². The molecular formula is C32H44ClN5O4. The number of aliphatic hydroxyl groups is 1. The molecule has 2 atom stereocenters. The number of aromatic nitrogens is 2. The van der Waals surface area contributed by atoms with Crippen molar-refractivity contribution in [2.45, 2.75) is 78.6 Å². The third-order valence-corrected chi connectivity index (χ3v) is 7.10. The summed E-state index contributed by atoms with van der Waals surface area (Å²) in [5.41, 5.74) is 3.23. The van der Waals surface area contributed by atoms with E-state index in [2.05, 4.69) is 41.3 Å². The first-order chi connectivity index (χ1) is 20.0. The van der Waals surface area contributed by atoms with Crippen LogP contribution in [0.1, 0.15) is 75.2 Å². The molecule has 2 aromatic carbocycles. The minimum atomic E-state index is -0.266. The largest absolute Gasteiger partial charge is 0.489 e. The van der Waals surface area contributed by atoms with Crippen LogP contribution in [-0.2, 0) is 13.0 Å². The number of nitrogens with zero attached hydrogens (tertiary/aromatic N) is 2. The van der Waals surface area contributed by atoms with Crippen molar-refractivity contribution in [1.29, 1.82) is 0 Å². The van der Waals surface area contributed by atoms with Gasteiger partial charge < -0.3 is 30.4 Å². The molecule has 0 bridgehead atoms. The van der Waals surface area contributed by atoms with E-state index in [4.69, 9.17) is 21.3 Å². The Kier molecular flexibility index (Phi) is 12.2. The molecule has 3 rings (SSSR count). The highest BCUT2D eigenvalue weighted by Crippen LogP contribution is 2.28. The molecule has 42 heavy (non-hydrogen) atoms. The smallest absolute Gasteiger partial charge is 0.315 e. The van der Waals surface area contributed by atoms with Crippen molar-refractivity contribution in [3.05, 3.63) is 70.6 Å². The van der Waals surface area contributed by atoms with Crippen molar-refractivity contribution in [1.82, 2.24) is 25.5 Å². The van der Waals surface area contributed by atoms with E-state index < -0.39 is 0 Å². The number of nitrogens with one attached hydrogen (secondary N) is 3. The van der Waals surface area contributed by atoms with Crippen molar-refractivity contribution in [2.24, 2.45) is 5.92 Å². The zero-order chi connectivity index (χ0) is 30.8. The van der Waals surface area contributed by atoms with Crippen LogP contribution in [0.3, 0.4) is 0 Å². The van der Waals surface area contributed by atoms with Crippen LogP contribution in [0.4, 0.5) is 4.79 Å². The van der Waals surface area contributed by atoms with Crippen LogP contribution >= 0.6 is 11.6 Å². The Morgan fingerprint density at radius 3 is 2.36 bits per heavy atom. The number of carbonyl (C=O) groups is 2. The molecule has 9 nitrogen and oxygen atoms in total. The molecule has 0 fully saturated rings. The van der Waals surface area contributed by atoms with E-state index in [1.807, 2.05) is 44.3 Å². The third kappa shape index (κ3) is 9.22. The molecule has 0 radical (unpaired) electrons. The van der Waals surface area contributed by atoms with Crippen LogP contribution in [0.25, 0.3) is 11.3 Å². The summed E-state index contributed by atoms with van der Waals surface area (Å²) in [6.45, 7) is 10.8. The average molecular weight is 598 g/mol. The maximum absolute atomic E-state index is 13.0. The van der Waals surface area contributed by atoms with Gasteiger partial charge in [-0.05, 0) is 69.7 Å². The van der Waals surface area contributed by atoms with Gasteiger partial charge in [0, 0.05) is 43.6 Å². The second-order valence-electron chi connectivity index (χ2n) is 11.1. The molecule has 1 aromatic heterocycles. The van der Waals surface area contributed by atoms with Gasteiger partial charge in [0.05, 0.1) is 22.9 Å². The fraction of sp³-hybridized carbons (Fsp3) is 0.469. The molecule has 0 aliphatic carbocycles. The SMILES string of the molecule is CCn1cc(-c2ccc(C[C@@H](CCO)NC(=O)c3ccc(OC(C)C)c(Cl)c3)cc2)nc1[C@@H](CC(C)C)NC(=O)NC. The predicted molar refractivity (Wildman–Crippen MR) is 167 cm³/mol. The second-order valence-corrected chi connectivity index (χ2v) is 11.5. The number of aliphatic hydroxyl groups excluding tert-OH is 1. The van der Waals surface area contributed by atoms with Crippen LogP contribution in [0.5, 0.6) is 5.75 Å². The van der Waals surface area contributed by atoms with Gasteiger partial charge in [0.1, 0.15) is 11.6 Å². The van der Waals surface area contributed by atoms with E-state index >= 15 is 0 Å². The van der Waals surface area contributed by atoms with E-state index in [1.54, 1.807) is 25.2 Å². The molecular weight excluding hydrogens is 554 g/mol. The van der Waals surface area contributed by atoms with Crippen molar-refractivity contribution in [3.8, 4) is 17.0 Å². The molecule has 4 N–H and O–H groups in total. The Morgan fingerprint density at radius 2 is 1.79 bits per heavy atom. The standard InChI is InChI=1S/C32H44ClN5O4/c1-7-38-19-28(36-30(38)27(16-20(2)3)37-32(41)34-6)23-10-8-22(9-11-23)17-25(14-15-39)35-31(40)24-12-13-29(26(33)18-24)42-21(4)5/h8-13,18-21,25,27,39H,7,14-17H2,1-6H3,(H,35,40)(H2,34,37,41)/t25-,27-/m1/s1. The molecule has 10 heteroatoms. The topological polar surface area (TPSA) is 118 Å². The number of urea groups is 1. The van der Waals surface area contributed by atoms with Crippen molar-refractivity contribution in [2.75, 3.05) is 13.7 Å². The van der Waals surface area contributed by atoms with Crippen molar-refractivity contribution < 1.29 is 19.4 Å². The highest BCUT2D eigenvalue weighted by Gasteiger charge is 2.22. The Balaban J connectivity index is 1.74. The molecule has 3 amide bonds. The first-order valence-electron chi connectivity index (χ1n) is 14.6. The number of imidazole rings is 1. The molecule has 3 aromatic rings. The number of aryl methyl sites for hydroxylation is 1. The Morgan fingerprint density at radius 1 is 1.07 bits per heavy atom. The van der Waals surface area contributed by atoms with Gasteiger partial charge in [-0.1, -0.05) is 49.7 Å². The van der Waals surface area contributed by atoms with Gasteiger partial charge in [0.2, 0.25) is 0 Å². The van der Waals surface area contributed by atoms with E-state index in [-0.39, 0.29) is 36.7 Å². The van der Waals surface area contributed by atoms with Gasteiger partial charge in [-0.3, -0.25) is 4.79 Å². The molecule has 0 aliphatic heterocycles. The number of rotatable bonds is 14. The molecule has 0 saturated carbocycles. The number of hydrogen-bond acceptors (Lipinski definition) is 5. The first-order valence-corrected chi connectivity index (χ1v) is 14.9. The van der Waals surface area contributed by atoms with Gasteiger partial charge in [0.15, 0.2) is 0 Å². The third-order valence-electron chi connectivity index (χ3n) is 6.80. The molecule has 228 valence electrons. The number of halogens is 1. The summed E-state index contributed by atoms with van der Waals surface area (Å²) in [4.78, 5) is 30.0. The monoisotopic (exact) mass is 597 g/mol. The predicted octanol–water partition coefficient (Wildman–Crippen LogP) is 5.75. The minimum Gasteiger partial charge on any atom is -0.489 e. The van der Waals surface area contributed by atoms with E-state index in [1.165, 1.54) is 0 Å². The van der Waals surface area contributed by atoms with Gasteiger partial charge in [-0.15, -0.1) is 0 Å². The van der Waals surface area contributed by atoms with Crippen LogP contribution in [0.15, 0.2) is 48.7 Å². The van der Waals surface area contributed by atoms with E-state index in [9.17, 15) is 14.7 Å². The van der Waals surface area contributed by atoms with Crippen LogP contribution < -0.4 is 20.7 Å². The zero-order valence-corrected chi connectivity index (χ0v) is 26.2. The molecule has 0 unspecified atom stereocenters. The summed E-state index contributed by atoms with van der Waals surface area (Å²) < 4.78 is 7.74. The molecule has 0 aliphatic rings.